The van der Waals surface area contributed by atoms with Gasteiger partial charge in [-0.15, -0.1) is 0 Å². The van der Waals surface area contributed by atoms with Crippen molar-refractivity contribution < 1.29 is 13.2 Å². The van der Waals surface area contributed by atoms with Gasteiger partial charge < -0.3 is 5.32 Å². The van der Waals surface area contributed by atoms with Crippen LogP contribution in [0.2, 0.25) is 10.0 Å². The highest BCUT2D eigenvalue weighted by Gasteiger charge is 2.23. The summed E-state index contributed by atoms with van der Waals surface area (Å²) in [5.41, 5.74) is 0.203. The molecule has 2 rings (SSSR count). The Hall–Kier alpha value is -0.630. The molecule has 1 aromatic rings. The van der Waals surface area contributed by atoms with E-state index in [1.165, 1.54) is 44.2 Å². The molecule has 0 saturated heterocycles. The van der Waals surface area contributed by atoms with E-state index in [4.69, 9.17) is 23.2 Å². The molecule has 1 aromatic carbocycles. The van der Waals surface area contributed by atoms with Crippen LogP contribution in [0.4, 0.5) is 5.69 Å². The number of thioether (sulfide) groups is 1. The van der Waals surface area contributed by atoms with E-state index < -0.39 is 10.0 Å². The van der Waals surface area contributed by atoms with Crippen molar-refractivity contribution in [3.05, 3.63) is 28.2 Å². The van der Waals surface area contributed by atoms with Gasteiger partial charge in [-0.3, -0.25) is 9.10 Å². The summed E-state index contributed by atoms with van der Waals surface area (Å²) in [4.78, 5) is 12.2. The molecule has 1 amide bonds. The van der Waals surface area contributed by atoms with Crippen LogP contribution in [0.1, 0.15) is 38.5 Å². The molecular weight excluding hydrogens is 427 g/mol. The Labute approximate surface area is 176 Å². The minimum Gasteiger partial charge on any atom is -0.354 e. The van der Waals surface area contributed by atoms with Crippen molar-refractivity contribution in [3.63, 3.8) is 0 Å². The predicted octanol–water partition coefficient (Wildman–Crippen LogP) is 4.33. The van der Waals surface area contributed by atoms with Gasteiger partial charge in [0, 0.05) is 16.8 Å². The number of rotatable bonds is 9. The number of nitrogens with one attached hydrogen (secondary N) is 1. The van der Waals surface area contributed by atoms with Crippen molar-refractivity contribution >= 4 is 56.6 Å². The van der Waals surface area contributed by atoms with E-state index in [1.807, 2.05) is 11.8 Å². The van der Waals surface area contributed by atoms with E-state index in [9.17, 15) is 13.2 Å². The Morgan fingerprint density at radius 2 is 1.96 bits per heavy atom. The molecular formula is C18H26Cl2N2O3S2. The lowest BCUT2D eigenvalue weighted by molar-refractivity contribution is -0.119. The normalized spacial score (nSPS) is 15.5. The first kappa shape index (κ1) is 22.7. The zero-order chi connectivity index (χ0) is 19.9. The molecule has 0 spiro atoms. The van der Waals surface area contributed by atoms with Gasteiger partial charge in [0.2, 0.25) is 15.9 Å². The second-order valence-electron chi connectivity index (χ2n) is 6.70. The fraction of sp³-hybridized carbons (Fsp3) is 0.611. The number of nitrogens with zero attached hydrogens (tertiary/aromatic N) is 1. The zero-order valence-electron chi connectivity index (χ0n) is 15.4. The summed E-state index contributed by atoms with van der Waals surface area (Å²) < 4.78 is 25.2. The Morgan fingerprint density at radius 3 is 2.63 bits per heavy atom. The third kappa shape index (κ3) is 7.72. The van der Waals surface area contributed by atoms with Crippen LogP contribution in [0, 0.1) is 0 Å². The summed E-state index contributed by atoms with van der Waals surface area (Å²) in [6, 6.07) is 4.52. The lowest BCUT2D eigenvalue weighted by Crippen LogP contribution is -2.40. The number of sulfonamides is 1. The maximum atomic E-state index is 12.2. The maximum Gasteiger partial charge on any atom is 0.240 e. The number of carbonyl (C=O) groups excluding carboxylic acids is 1. The molecule has 0 aromatic heterocycles. The molecule has 27 heavy (non-hydrogen) atoms. The number of benzene rings is 1. The van der Waals surface area contributed by atoms with Crippen LogP contribution in [-0.4, -0.2) is 44.7 Å². The second-order valence-corrected chi connectivity index (χ2v) is 10.9. The third-order valence-corrected chi connectivity index (χ3v) is 7.56. The number of hydrogen-bond acceptors (Lipinski definition) is 4. The average molecular weight is 453 g/mol. The van der Waals surface area contributed by atoms with Crippen LogP contribution in [-0.2, 0) is 14.8 Å². The van der Waals surface area contributed by atoms with Gasteiger partial charge >= 0.3 is 0 Å². The molecule has 0 aliphatic heterocycles. The van der Waals surface area contributed by atoms with Crippen molar-refractivity contribution in [2.45, 2.75) is 43.8 Å². The van der Waals surface area contributed by atoms with Crippen LogP contribution in [0.3, 0.4) is 0 Å². The monoisotopic (exact) mass is 452 g/mol. The van der Waals surface area contributed by atoms with Gasteiger partial charge in [-0.05, 0) is 43.2 Å². The number of amides is 1. The first-order valence-electron chi connectivity index (χ1n) is 9.08. The van der Waals surface area contributed by atoms with Gasteiger partial charge in [0.25, 0.3) is 0 Å². The van der Waals surface area contributed by atoms with Gasteiger partial charge in [-0.25, -0.2) is 8.42 Å². The number of halogens is 2. The van der Waals surface area contributed by atoms with Crippen molar-refractivity contribution in [1.29, 1.82) is 0 Å². The van der Waals surface area contributed by atoms with Gasteiger partial charge in [0.05, 0.1) is 17.0 Å². The Morgan fingerprint density at radius 1 is 1.26 bits per heavy atom. The van der Waals surface area contributed by atoms with Crippen molar-refractivity contribution in [2.75, 3.05) is 29.4 Å². The molecule has 1 N–H and O–H groups in total. The molecule has 0 heterocycles. The smallest absolute Gasteiger partial charge is 0.240 e. The van der Waals surface area contributed by atoms with Gasteiger partial charge in [-0.2, -0.15) is 11.8 Å². The minimum absolute atomic E-state index is 0.203. The van der Waals surface area contributed by atoms with Crippen LogP contribution in [0.5, 0.6) is 0 Å². The lowest BCUT2D eigenvalue weighted by atomic mass is 10.0. The fourth-order valence-electron chi connectivity index (χ4n) is 3.03. The lowest BCUT2D eigenvalue weighted by Gasteiger charge is -2.23. The molecule has 1 saturated carbocycles. The van der Waals surface area contributed by atoms with E-state index in [0.29, 0.717) is 11.6 Å². The number of carbonyl (C=O) groups is 1. The van der Waals surface area contributed by atoms with E-state index >= 15 is 0 Å². The molecule has 1 aliphatic rings. The first-order chi connectivity index (χ1) is 12.8. The summed E-state index contributed by atoms with van der Waals surface area (Å²) in [5, 5.41) is 4.12. The van der Waals surface area contributed by atoms with Crippen molar-refractivity contribution in [1.82, 2.24) is 5.32 Å². The first-order valence-corrected chi connectivity index (χ1v) is 12.7. The molecule has 0 atom stereocenters. The molecule has 1 aliphatic carbocycles. The molecule has 0 radical (unpaired) electrons. The summed E-state index contributed by atoms with van der Waals surface area (Å²) in [7, 11) is -3.68. The molecule has 0 unspecified atom stereocenters. The maximum absolute atomic E-state index is 12.2. The topological polar surface area (TPSA) is 66.5 Å². The predicted molar refractivity (Wildman–Crippen MR) is 116 cm³/mol. The van der Waals surface area contributed by atoms with Crippen molar-refractivity contribution in [3.8, 4) is 0 Å². The van der Waals surface area contributed by atoms with Gasteiger partial charge in [0.1, 0.15) is 6.54 Å². The third-order valence-electron chi connectivity index (χ3n) is 4.41. The molecule has 152 valence electrons. The van der Waals surface area contributed by atoms with E-state index in [-0.39, 0.29) is 23.2 Å². The zero-order valence-corrected chi connectivity index (χ0v) is 18.6. The number of hydrogen-bond donors (Lipinski definition) is 1. The molecule has 9 heteroatoms. The Kier molecular flexibility index (Phi) is 9.05. The van der Waals surface area contributed by atoms with Crippen LogP contribution < -0.4 is 9.62 Å². The molecule has 5 nitrogen and oxygen atoms in total. The summed E-state index contributed by atoms with van der Waals surface area (Å²) in [5.74, 6) is 0.639. The summed E-state index contributed by atoms with van der Waals surface area (Å²) in [6.45, 7) is 0.202. The highest BCUT2D eigenvalue weighted by Crippen LogP contribution is 2.30. The summed E-state index contributed by atoms with van der Waals surface area (Å²) in [6.07, 6.45) is 8.48. The van der Waals surface area contributed by atoms with Crippen LogP contribution in [0.15, 0.2) is 18.2 Å². The van der Waals surface area contributed by atoms with Gasteiger partial charge in [-0.1, -0.05) is 42.5 Å². The highest BCUT2D eigenvalue weighted by atomic mass is 35.5. The highest BCUT2D eigenvalue weighted by molar-refractivity contribution is 7.99. The fourth-order valence-corrected chi connectivity index (χ4v) is 5.63. The van der Waals surface area contributed by atoms with Gasteiger partial charge in [0.15, 0.2) is 0 Å². The summed E-state index contributed by atoms with van der Waals surface area (Å²) >= 11 is 14.0. The standard InChI is InChI=1S/C18H26Cl2N2O3S2/c1-27(24,25)22(17-12-14(19)8-9-16(17)20)13-18(23)21-10-5-11-26-15-6-3-2-4-7-15/h8-9,12,15H,2-7,10-11,13H2,1H3,(H,21,23). The van der Waals surface area contributed by atoms with Crippen molar-refractivity contribution in [2.24, 2.45) is 0 Å². The quantitative estimate of drug-likeness (QED) is 0.566. The average Bonchev–Trinajstić information content (AvgIpc) is 2.61. The number of anilines is 1. The van der Waals surface area contributed by atoms with E-state index in [1.54, 1.807) is 6.07 Å². The minimum atomic E-state index is -3.68. The Bertz CT molecular complexity index is 738. The molecule has 1 fully saturated rings. The largest absolute Gasteiger partial charge is 0.354 e. The van der Waals surface area contributed by atoms with E-state index in [2.05, 4.69) is 5.32 Å². The van der Waals surface area contributed by atoms with Crippen LogP contribution >= 0.6 is 35.0 Å². The van der Waals surface area contributed by atoms with Crippen LogP contribution in [0.25, 0.3) is 0 Å². The Balaban J connectivity index is 1.82. The van der Waals surface area contributed by atoms with E-state index in [0.717, 1.165) is 28.0 Å². The SMILES string of the molecule is CS(=O)(=O)N(CC(=O)NCCCSC1CCCCC1)c1cc(Cl)ccc1Cl. The second kappa shape index (κ2) is 10.8. The molecule has 0 bridgehead atoms.